The second kappa shape index (κ2) is 11.5. The van der Waals surface area contributed by atoms with Crippen LogP contribution >= 0.6 is 0 Å². The monoisotopic (exact) mass is 637 g/mol. The average molecular weight is 638 g/mol. The van der Waals surface area contributed by atoms with Crippen molar-refractivity contribution in [1.82, 2.24) is 0 Å². The van der Waals surface area contributed by atoms with E-state index < -0.39 is 0 Å². The summed E-state index contributed by atoms with van der Waals surface area (Å²) in [6, 6.07) is 67.3. The summed E-state index contributed by atoms with van der Waals surface area (Å²) < 4.78 is 7.14. The van der Waals surface area contributed by atoms with Crippen molar-refractivity contribution < 1.29 is 4.42 Å². The number of anilines is 3. The van der Waals surface area contributed by atoms with Gasteiger partial charge >= 0.3 is 0 Å². The Kier molecular flexibility index (Phi) is 6.53. The van der Waals surface area contributed by atoms with Gasteiger partial charge in [-0.1, -0.05) is 152 Å². The SMILES string of the molecule is c1ccc(-c2ccc(N(c3ccc4ccccc4c3)c3ccc4c(oc5c6ccccc6c6ccccc6c45)c3-c3ccccc3)cc2)cc1. The van der Waals surface area contributed by atoms with Crippen LogP contribution in [0.1, 0.15) is 0 Å². The summed E-state index contributed by atoms with van der Waals surface area (Å²) >= 11 is 0. The number of nitrogens with zero attached hydrogens (tertiary/aromatic N) is 1. The first-order valence-electron chi connectivity index (χ1n) is 17.1. The van der Waals surface area contributed by atoms with Gasteiger partial charge in [0, 0.05) is 33.1 Å². The van der Waals surface area contributed by atoms with Gasteiger partial charge in [-0.2, -0.15) is 0 Å². The van der Waals surface area contributed by atoms with Crippen LogP contribution in [0.4, 0.5) is 17.1 Å². The van der Waals surface area contributed by atoms with E-state index in [0.29, 0.717) is 0 Å². The highest BCUT2D eigenvalue weighted by Gasteiger charge is 2.24. The topological polar surface area (TPSA) is 16.4 Å². The van der Waals surface area contributed by atoms with Gasteiger partial charge in [0.2, 0.25) is 0 Å². The molecule has 2 nitrogen and oxygen atoms in total. The third kappa shape index (κ3) is 4.50. The molecule has 2 heteroatoms. The fourth-order valence-electron chi connectivity index (χ4n) is 7.71. The van der Waals surface area contributed by atoms with Gasteiger partial charge < -0.3 is 9.32 Å². The van der Waals surface area contributed by atoms with Crippen LogP contribution in [0.3, 0.4) is 0 Å². The Morgan fingerprint density at radius 2 is 0.900 bits per heavy atom. The molecule has 0 atom stereocenters. The van der Waals surface area contributed by atoms with Crippen molar-refractivity contribution >= 4 is 71.3 Å². The van der Waals surface area contributed by atoms with E-state index in [0.717, 1.165) is 55.5 Å². The van der Waals surface area contributed by atoms with E-state index in [2.05, 4.69) is 193 Å². The zero-order valence-electron chi connectivity index (χ0n) is 27.3. The van der Waals surface area contributed by atoms with E-state index in [1.165, 1.54) is 38.1 Å². The second-order valence-corrected chi connectivity index (χ2v) is 12.9. The molecule has 0 fully saturated rings. The summed E-state index contributed by atoms with van der Waals surface area (Å²) in [7, 11) is 0. The van der Waals surface area contributed by atoms with Crippen molar-refractivity contribution in [2.24, 2.45) is 0 Å². The molecule has 0 unspecified atom stereocenters. The molecule has 50 heavy (non-hydrogen) atoms. The van der Waals surface area contributed by atoms with Crippen LogP contribution < -0.4 is 4.90 Å². The van der Waals surface area contributed by atoms with Crippen LogP contribution in [0.15, 0.2) is 192 Å². The highest BCUT2D eigenvalue weighted by molar-refractivity contribution is 6.31. The molecule has 0 bridgehead atoms. The quantitative estimate of drug-likeness (QED) is 0.175. The molecule has 0 amide bonds. The molecule has 0 saturated heterocycles. The fraction of sp³-hybridized carbons (Fsp3) is 0. The fourth-order valence-corrected chi connectivity index (χ4v) is 7.71. The predicted octanol–water partition coefficient (Wildman–Crippen LogP) is 13.8. The third-order valence-electron chi connectivity index (χ3n) is 10.0. The van der Waals surface area contributed by atoms with E-state index in [1.54, 1.807) is 0 Å². The minimum absolute atomic E-state index is 0.886. The molecule has 1 heterocycles. The highest BCUT2D eigenvalue weighted by atomic mass is 16.3. The zero-order chi connectivity index (χ0) is 33.0. The summed E-state index contributed by atoms with van der Waals surface area (Å²) in [5.41, 5.74) is 9.57. The molecule has 10 aromatic rings. The molecule has 10 rings (SSSR count). The smallest absolute Gasteiger partial charge is 0.145 e. The number of furan rings is 1. The number of fused-ring (bicyclic) bond motifs is 9. The Balaban J connectivity index is 1.30. The van der Waals surface area contributed by atoms with Crippen LogP contribution in [-0.4, -0.2) is 0 Å². The lowest BCUT2D eigenvalue weighted by Gasteiger charge is -2.28. The van der Waals surface area contributed by atoms with Gasteiger partial charge in [0.25, 0.3) is 0 Å². The molecule has 0 aliphatic carbocycles. The van der Waals surface area contributed by atoms with E-state index in [9.17, 15) is 0 Å². The largest absolute Gasteiger partial charge is 0.455 e. The number of hydrogen-bond acceptors (Lipinski definition) is 2. The first kappa shape index (κ1) is 28.4. The molecule has 0 radical (unpaired) electrons. The summed E-state index contributed by atoms with van der Waals surface area (Å²) in [5.74, 6) is 0. The van der Waals surface area contributed by atoms with Crippen LogP contribution in [0.2, 0.25) is 0 Å². The number of rotatable bonds is 5. The third-order valence-corrected chi connectivity index (χ3v) is 10.0. The van der Waals surface area contributed by atoms with Gasteiger partial charge in [0.1, 0.15) is 11.2 Å². The minimum atomic E-state index is 0.886. The minimum Gasteiger partial charge on any atom is -0.455 e. The van der Waals surface area contributed by atoms with Gasteiger partial charge in [-0.05, 0) is 80.0 Å². The van der Waals surface area contributed by atoms with Crippen LogP contribution in [0.5, 0.6) is 0 Å². The lowest BCUT2D eigenvalue weighted by molar-refractivity contribution is 0.674. The van der Waals surface area contributed by atoms with E-state index >= 15 is 0 Å². The van der Waals surface area contributed by atoms with Crippen LogP contribution in [0.25, 0.3) is 76.5 Å². The summed E-state index contributed by atoms with van der Waals surface area (Å²) in [6.07, 6.45) is 0. The van der Waals surface area contributed by atoms with Gasteiger partial charge in [-0.25, -0.2) is 0 Å². The zero-order valence-corrected chi connectivity index (χ0v) is 27.3. The van der Waals surface area contributed by atoms with Crippen LogP contribution in [-0.2, 0) is 0 Å². The highest BCUT2D eigenvalue weighted by Crippen LogP contribution is 2.49. The molecule has 0 spiro atoms. The van der Waals surface area contributed by atoms with E-state index in [1.807, 2.05) is 0 Å². The molecule has 0 saturated carbocycles. The Bertz CT molecular complexity index is 2850. The summed E-state index contributed by atoms with van der Waals surface area (Å²) in [5, 5.41) is 9.44. The van der Waals surface area contributed by atoms with Crippen molar-refractivity contribution in [2.45, 2.75) is 0 Å². The van der Waals surface area contributed by atoms with Gasteiger partial charge in [0.15, 0.2) is 0 Å². The standard InChI is InChI=1S/C48H31NO/c1-3-13-32(14-4-1)34-23-26-37(27-24-34)49(38-28-25-33-15-7-8-18-36(33)31-38)44-30-29-43-46-41-21-11-9-19-39(41)40-20-10-12-22-42(40)47(46)50-48(43)45(44)35-16-5-2-6-17-35/h1-31H. The Hall–Kier alpha value is -6.64. The van der Waals surface area contributed by atoms with Crippen molar-refractivity contribution in [3.05, 3.63) is 188 Å². The van der Waals surface area contributed by atoms with Crippen molar-refractivity contribution in [3.63, 3.8) is 0 Å². The normalized spacial score (nSPS) is 11.6. The van der Waals surface area contributed by atoms with Gasteiger partial charge in [-0.15, -0.1) is 0 Å². The summed E-state index contributed by atoms with van der Waals surface area (Å²) in [4.78, 5) is 2.38. The second-order valence-electron chi connectivity index (χ2n) is 12.9. The molecule has 9 aromatic carbocycles. The molecule has 234 valence electrons. The Morgan fingerprint density at radius 3 is 1.64 bits per heavy atom. The maximum atomic E-state index is 7.14. The molecule has 0 aliphatic rings. The van der Waals surface area contributed by atoms with E-state index in [4.69, 9.17) is 4.42 Å². The van der Waals surface area contributed by atoms with Crippen molar-refractivity contribution in [3.8, 4) is 22.3 Å². The lowest BCUT2D eigenvalue weighted by atomic mass is 9.94. The maximum absolute atomic E-state index is 7.14. The molecule has 0 N–H and O–H groups in total. The molecular weight excluding hydrogens is 607 g/mol. The molecule has 1 aromatic heterocycles. The molecule has 0 aliphatic heterocycles. The summed E-state index contributed by atoms with van der Waals surface area (Å²) in [6.45, 7) is 0. The number of hydrogen-bond donors (Lipinski definition) is 0. The Labute approximate surface area is 290 Å². The Morgan fingerprint density at radius 1 is 0.340 bits per heavy atom. The first-order chi connectivity index (χ1) is 24.8. The van der Waals surface area contributed by atoms with E-state index in [-0.39, 0.29) is 0 Å². The molecular formula is C48H31NO. The van der Waals surface area contributed by atoms with Crippen molar-refractivity contribution in [1.29, 1.82) is 0 Å². The lowest BCUT2D eigenvalue weighted by Crippen LogP contribution is -2.11. The number of benzene rings is 9. The maximum Gasteiger partial charge on any atom is 0.145 e. The van der Waals surface area contributed by atoms with Crippen LogP contribution in [0, 0.1) is 0 Å². The van der Waals surface area contributed by atoms with Gasteiger partial charge in [-0.3, -0.25) is 0 Å². The first-order valence-corrected chi connectivity index (χ1v) is 17.1. The average Bonchev–Trinajstić information content (AvgIpc) is 3.59. The van der Waals surface area contributed by atoms with Crippen molar-refractivity contribution in [2.75, 3.05) is 4.90 Å². The predicted molar refractivity (Wildman–Crippen MR) is 212 cm³/mol. The van der Waals surface area contributed by atoms with Gasteiger partial charge in [0.05, 0.1) is 5.69 Å².